The molecule has 8 heteroatoms. The van der Waals surface area contributed by atoms with Crippen LogP contribution in [0.3, 0.4) is 0 Å². The van der Waals surface area contributed by atoms with E-state index >= 15 is 0 Å². The molecule has 0 unspecified atom stereocenters. The van der Waals surface area contributed by atoms with E-state index in [-0.39, 0.29) is 18.0 Å². The molecule has 0 aliphatic carbocycles. The van der Waals surface area contributed by atoms with Crippen LogP contribution in [0.2, 0.25) is 0 Å². The molecule has 2 aromatic rings. The molecule has 1 aromatic carbocycles. The number of benzene rings is 1. The van der Waals surface area contributed by atoms with Gasteiger partial charge in [-0.15, -0.1) is 0 Å². The van der Waals surface area contributed by atoms with E-state index in [0.29, 0.717) is 16.7 Å². The molecule has 1 heterocycles. The number of nitrogens with zero attached hydrogens (tertiary/aromatic N) is 2. The van der Waals surface area contributed by atoms with Gasteiger partial charge in [0.25, 0.3) is 0 Å². The van der Waals surface area contributed by atoms with Gasteiger partial charge in [0.1, 0.15) is 29.6 Å². The fourth-order valence-electron chi connectivity index (χ4n) is 1.89. The van der Waals surface area contributed by atoms with Crippen LogP contribution in [-0.4, -0.2) is 17.4 Å². The van der Waals surface area contributed by atoms with Crippen molar-refractivity contribution < 1.29 is 13.2 Å². The summed E-state index contributed by atoms with van der Waals surface area (Å²) in [5.41, 5.74) is 9.47. The molecule has 0 radical (unpaired) electrons. The minimum atomic E-state index is -1.06. The third-order valence-corrected chi connectivity index (χ3v) is 2.97. The number of rotatable bonds is 4. The summed E-state index contributed by atoms with van der Waals surface area (Å²) in [6.07, 6.45) is 1.27. The molecule has 5 nitrogen and oxygen atoms in total. The summed E-state index contributed by atoms with van der Waals surface area (Å²) in [5.74, 6) is 4.01. The second kappa shape index (κ2) is 7.41. The molecular formula is C15H14F3N5. The number of aromatic nitrogens is 1. The highest BCUT2D eigenvalue weighted by atomic mass is 19.2. The van der Waals surface area contributed by atoms with Crippen molar-refractivity contribution in [1.29, 1.82) is 0 Å². The number of nitrogens with two attached hydrogens (primary N) is 2. The highest BCUT2D eigenvalue weighted by Crippen LogP contribution is 2.23. The van der Waals surface area contributed by atoms with Crippen molar-refractivity contribution in [2.24, 2.45) is 10.8 Å². The smallest absolute Gasteiger partial charge is 0.149 e. The van der Waals surface area contributed by atoms with E-state index in [0.717, 1.165) is 0 Å². The zero-order valence-electron chi connectivity index (χ0n) is 11.9. The lowest BCUT2D eigenvalue weighted by molar-refractivity contribution is 0.570. The van der Waals surface area contributed by atoms with Crippen molar-refractivity contribution in [2.45, 2.75) is 0 Å². The zero-order chi connectivity index (χ0) is 16.8. The van der Waals surface area contributed by atoms with Crippen LogP contribution in [0.4, 0.5) is 19.0 Å². The maximum absolute atomic E-state index is 13.3. The highest BCUT2D eigenvalue weighted by molar-refractivity contribution is 6.03. The predicted molar refractivity (Wildman–Crippen MR) is 83.1 cm³/mol. The molecule has 0 bridgehead atoms. The first-order valence-corrected chi connectivity index (χ1v) is 6.52. The number of aliphatic imine (C=N–C) groups is 1. The van der Waals surface area contributed by atoms with Gasteiger partial charge in [-0.2, -0.15) is 0 Å². The van der Waals surface area contributed by atoms with Crippen molar-refractivity contribution >= 4 is 11.7 Å². The van der Waals surface area contributed by atoms with Crippen molar-refractivity contribution in [2.75, 3.05) is 12.3 Å². The third kappa shape index (κ3) is 4.07. The summed E-state index contributed by atoms with van der Waals surface area (Å²) < 4.78 is 38.2. The SMILES string of the molecule is NNC(=NC/C(F)=C/F)c1cc(-c2cccc(F)c2)cnc1N. The third-order valence-electron chi connectivity index (χ3n) is 2.97. The standard InChI is InChI=1S/C15H14F3N5/c16-6-12(18)8-22-15(23-20)13-5-10(7-21-14(13)19)9-2-1-3-11(17)4-9/h1-7H,8,20H2,(H2,19,21)(H,22,23)/b12-6-. The van der Waals surface area contributed by atoms with E-state index in [2.05, 4.69) is 15.4 Å². The summed E-state index contributed by atoms with van der Waals surface area (Å²) in [6.45, 7) is -0.542. The van der Waals surface area contributed by atoms with Crippen molar-refractivity contribution in [3.8, 4) is 11.1 Å². The number of hydrazine groups is 1. The first kappa shape index (κ1) is 16.5. The van der Waals surface area contributed by atoms with Gasteiger partial charge in [-0.3, -0.25) is 4.99 Å². The van der Waals surface area contributed by atoms with Gasteiger partial charge in [-0.25, -0.2) is 24.0 Å². The first-order valence-electron chi connectivity index (χ1n) is 6.52. The number of anilines is 1. The fourth-order valence-corrected chi connectivity index (χ4v) is 1.89. The number of amidine groups is 1. The lowest BCUT2D eigenvalue weighted by Crippen LogP contribution is -2.32. The number of hydrogen-bond donors (Lipinski definition) is 3. The molecule has 0 fully saturated rings. The van der Waals surface area contributed by atoms with E-state index in [1.54, 1.807) is 18.2 Å². The van der Waals surface area contributed by atoms with Crippen LogP contribution in [0.5, 0.6) is 0 Å². The minimum Gasteiger partial charge on any atom is -0.383 e. The second-order valence-electron chi connectivity index (χ2n) is 4.53. The van der Waals surface area contributed by atoms with Crippen molar-refractivity contribution in [1.82, 2.24) is 10.4 Å². The van der Waals surface area contributed by atoms with Gasteiger partial charge in [0.05, 0.1) is 12.1 Å². The molecular weight excluding hydrogens is 307 g/mol. The molecule has 1 aromatic heterocycles. The number of nitrogens with one attached hydrogen (secondary N) is 1. The van der Waals surface area contributed by atoms with E-state index in [1.807, 2.05) is 0 Å². The number of pyridine rings is 1. The molecule has 0 spiro atoms. The first-order chi connectivity index (χ1) is 11.0. The van der Waals surface area contributed by atoms with Gasteiger partial charge in [0, 0.05) is 11.8 Å². The van der Waals surface area contributed by atoms with Crippen LogP contribution in [0, 0.1) is 5.82 Å². The summed E-state index contributed by atoms with van der Waals surface area (Å²) in [5, 5.41) is 0. The zero-order valence-corrected chi connectivity index (χ0v) is 11.9. The van der Waals surface area contributed by atoms with Crippen molar-refractivity contribution in [3.63, 3.8) is 0 Å². The average molecular weight is 321 g/mol. The van der Waals surface area contributed by atoms with Gasteiger partial charge in [-0.1, -0.05) is 12.1 Å². The Morgan fingerprint density at radius 2 is 2.09 bits per heavy atom. The summed E-state index contributed by atoms with van der Waals surface area (Å²) >= 11 is 0. The van der Waals surface area contributed by atoms with Gasteiger partial charge in [-0.05, 0) is 23.8 Å². The molecule has 120 valence electrons. The van der Waals surface area contributed by atoms with Crippen LogP contribution in [0.15, 0.2) is 53.7 Å². The maximum Gasteiger partial charge on any atom is 0.149 e. The fraction of sp³-hybridized carbons (Fsp3) is 0.0667. The summed E-state index contributed by atoms with van der Waals surface area (Å²) in [6, 6.07) is 7.47. The average Bonchev–Trinajstić information content (AvgIpc) is 2.56. The molecule has 23 heavy (non-hydrogen) atoms. The van der Waals surface area contributed by atoms with Crippen LogP contribution < -0.4 is 17.0 Å². The molecule has 0 atom stereocenters. The number of nitrogen functional groups attached to an aromatic ring is 1. The van der Waals surface area contributed by atoms with Crippen molar-refractivity contribution in [3.05, 3.63) is 60.1 Å². The Balaban J connectivity index is 2.43. The van der Waals surface area contributed by atoms with Gasteiger partial charge < -0.3 is 11.2 Å². The number of halogens is 3. The largest absolute Gasteiger partial charge is 0.383 e. The van der Waals surface area contributed by atoms with E-state index in [9.17, 15) is 13.2 Å². The Morgan fingerprint density at radius 1 is 1.30 bits per heavy atom. The van der Waals surface area contributed by atoms with Crippen LogP contribution in [0.1, 0.15) is 5.56 Å². The van der Waals surface area contributed by atoms with E-state index in [1.165, 1.54) is 18.3 Å². The van der Waals surface area contributed by atoms with Gasteiger partial charge in [0.15, 0.2) is 0 Å². The quantitative estimate of drug-likeness (QED) is 0.349. The predicted octanol–water partition coefficient (Wildman–Crippen LogP) is 2.46. The second-order valence-corrected chi connectivity index (χ2v) is 4.53. The van der Waals surface area contributed by atoms with Crippen LogP contribution in [-0.2, 0) is 0 Å². The summed E-state index contributed by atoms with van der Waals surface area (Å²) in [4.78, 5) is 7.80. The lowest BCUT2D eigenvalue weighted by Gasteiger charge is -2.10. The Hall–Kier alpha value is -2.87. The molecule has 0 saturated heterocycles. The summed E-state index contributed by atoms with van der Waals surface area (Å²) in [7, 11) is 0. The monoisotopic (exact) mass is 321 g/mol. The molecule has 0 saturated carbocycles. The van der Waals surface area contributed by atoms with Gasteiger partial charge >= 0.3 is 0 Å². The van der Waals surface area contributed by atoms with E-state index in [4.69, 9.17) is 11.6 Å². The van der Waals surface area contributed by atoms with Gasteiger partial charge in [0.2, 0.25) is 0 Å². The molecule has 0 aliphatic heterocycles. The highest BCUT2D eigenvalue weighted by Gasteiger charge is 2.11. The Morgan fingerprint density at radius 3 is 2.74 bits per heavy atom. The Labute approximate surface area is 130 Å². The normalized spacial score (nSPS) is 12.3. The molecule has 2 rings (SSSR count). The van der Waals surface area contributed by atoms with Crippen LogP contribution >= 0.6 is 0 Å². The molecule has 0 amide bonds. The topological polar surface area (TPSA) is 89.3 Å². The Bertz CT molecular complexity index is 759. The van der Waals surface area contributed by atoms with Crippen LogP contribution in [0.25, 0.3) is 11.1 Å². The van der Waals surface area contributed by atoms with E-state index < -0.39 is 18.2 Å². The Kier molecular flexibility index (Phi) is 5.32. The maximum atomic E-state index is 13.3. The minimum absolute atomic E-state index is 0.0326. The molecule has 5 N–H and O–H groups in total. The molecule has 0 aliphatic rings. The lowest BCUT2D eigenvalue weighted by atomic mass is 10.0. The number of hydrogen-bond acceptors (Lipinski definition) is 4.